The number of hydrogen-bond acceptors (Lipinski definition) is 7. The Morgan fingerprint density at radius 1 is 1.35 bits per heavy atom. The van der Waals surface area contributed by atoms with Gasteiger partial charge in [0.25, 0.3) is 0 Å². The summed E-state index contributed by atoms with van der Waals surface area (Å²) in [5.74, 6) is 0.956. The van der Waals surface area contributed by atoms with Gasteiger partial charge in [0.2, 0.25) is 5.89 Å². The number of nitrogens with zero attached hydrogens (tertiary/aromatic N) is 4. The Bertz CT molecular complexity index is 657. The number of aromatic nitrogens is 4. The molecule has 0 spiro atoms. The minimum Gasteiger partial charge on any atom is -0.381 e. The molecule has 0 unspecified atom stereocenters. The Morgan fingerprint density at radius 3 is 2.78 bits per heavy atom. The Morgan fingerprint density at radius 2 is 2.13 bits per heavy atom. The average Bonchev–Trinajstić information content (AvgIpc) is 3.01. The van der Waals surface area contributed by atoms with Gasteiger partial charge in [-0.15, -0.1) is 0 Å². The molecule has 124 valence electrons. The first-order chi connectivity index (χ1) is 11.2. The zero-order valence-corrected chi connectivity index (χ0v) is 13.3. The molecule has 7 nitrogen and oxygen atoms in total. The third-order valence-electron chi connectivity index (χ3n) is 4.04. The fourth-order valence-electron chi connectivity index (χ4n) is 2.77. The normalized spacial score (nSPS) is 17.2. The lowest BCUT2D eigenvalue weighted by Crippen LogP contribution is -2.28. The summed E-state index contributed by atoms with van der Waals surface area (Å²) >= 11 is 0. The summed E-state index contributed by atoms with van der Waals surface area (Å²) in [5, 5.41) is 6.99. The summed E-state index contributed by atoms with van der Waals surface area (Å²) in [6, 6.07) is -0.297. The molecule has 3 heterocycles. The molecule has 1 atom stereocenters. The van der Waals surface area contributed by atoms with Crippen LogP contribution in [-0.2, 0) is 11.2 Å². The van der Waals surface area contributed by atoms with Crippen molar-refractivity contribution in [3.63, 3.8) is 0 Å². The van der Waals surface area contributed by atoms with Gasteiger partial charge in [0.1, 0.15) is 12.4 Å². The van der Waals surface area contributed by atoms with Crippen molar-refractivity contribution < 1.29 is 13.7 Å². The van der Waals surface area contributed by atoms with E-state index in [1.54, 1.807) is 6.92 Å². The monoisotopic (exact) mass is 321 g/mol. The van der Waals surface area contributed by atoms with E-state index in [0.717, 1.165) is 12.8 Å². The summed E-state index contributed by atoms with van der Waals surface area (Å²) in [5.41, 5.74) is 0.384. The summed E-state index contributed by atoms with van der Waals surface area (Å²) in [6.45, 7) is 4.95. The van der Waals surface area contributed by atoms with Crippen molar-refractivity contribution in [2.24, 2.45) is 5.92 Å². The van der Waals surface area contributed by atoms with Gasteiger partial charge in [0, 0.05) is 13.2 Å². The molecule has 2 aromatic rings. The van der Waals surface area contributed by atoms with Gasteiger partial charge in [0.05, 0.1) is 5.69 Å². The molecule has 1 fully saturated rings. The van der Waals surface area contributed by atoms with Crippen molar-refractivity contribution >= 4 is 5.82 Å². The second kappa shape index (κ2) is 6.99. The highest BCUT2D eigenvalue weighted by Gasteiger charge is 2.31. The highest BCUT2D eigenvalue weighted by molar-refractivity contribution is 5.39. The number of ether oxygens (including phenoxy) is 1. The molecule has 1 aliphatic rings. The molecule has 0 saturated carbocycles. The van der Waals surface area contributed by atoms with E-state index < -0.39 is 5.82 Å². The molecular formula is C15H20FN5O2. The van der Waals surface area contributed by atoms with Gasteiger partial charge in [0.15, 0.2) is 17.5 Å². The van der Waals surface area contributed by atoms with Crippen molar-refractivity contribution in [3.8, 4) is 0 Å². The van der Waals surface area contributed by atoms with Crippen LogP contribution in [0.4, 0.5) is 10.2 Å². The number of anilines is 1. The molecule has 1 saturated heterocycles. The summed E-state index contributed by atoms with van der Waals surface area (Å²) < 4.78 is 25.2. The second-order valence-electron chi connectivity index (χ2n) is 5.59. The molecule has 3 rings (SSSR count). The summed E-state index contributed by atoms with van der Waals surface area (Å²) in [6.07, 6.45) is 3.55. The van der Waals surface area contributed by atoms with Gasteiger partial charge in [-0.3, -0.25) is 0 Å². The van der Waals surface area contributed by atoms with Crippen LogP contribution in [0.25, 0.3) is 0 Å². The van der Waals surface area contributed by atoms with E-state index in [-0.39, 0.29) is 17.8 Å². The summed E-state index contributed by atoms with van der Waals surface area (Å²) in [7, 11) is 0. The molecule has 0 radical (unpaired) electrons. The molecule has 1 aliphatic heterocycles. The number of halogens is 1. The highest BCUT2D eigenvalue weighted by atomic mass is 19.1. The quantitative estimate of drug-likeness (QED) is 0.905. The van der Waals surface area contributed by atoms with Crippen LogP contribution in [0.1, 0.15) is 43.2 Å². The molecule has 2 aromatic heterocycles. The molecule has 1 N–H and O–H groups in total. The SMILES string of the molecule is CCc1ncnc(N[C@@H](c2nc(C)no2)C2CCOCC2)c1F. The van der Waals surface area contributed by atoms with E-state index in [1.807, 2.05) is 6.92 Å². The zero-order chi connectivity index (χ0) is 16.2. The standard InChI is InChI=1S/C15H20FN5O2/c1-3-11-12(16)14(18-8-17-11)20-13(10-4-6-22-7-5-10)15-19-9(2)21-23-15/h8,10,13H,3-7H2,1-2H3,(H,17,18,20)/t13-/m1/s1. The molecule has 0 bridgehead atoms. The largest absolute Gasteiger partial charge is 0.381 e. The Kier molecular flexibility index (Phi) is 4.80. The van der Waals surface area contributed by atoms with Gasteiger partial charge in [-0.2, -0.15) is 4.98 Å². The minimum absolute atomic E-state index is 0.171. The summed E-state index contributed by atoms with van der Waals surface area (Å²) in [4.78, 5) is 12.3. The van der Waals surface area contributed by atoms with Gasteiger partial charge in [-0.25, -0.2) is 14.4 Å². The van der Waals surface area contributed by atoms with Crippen LogP contribution in [0.2, 0.25) is 0 Å². The van der Waals surface area contributed by atoms with Crippen LogP contribution >= 0.6 is 0 Å². The van der Waals surface area contributed by atoms with Crippen LogP contribution in [0.3, 0.4) is 0 Å². The molecule has 0 aliphatic carbocycles. The maximum Gasteiger partial charge on any atom is 0.249 e. The fraction of sp³-hybridized carbons (Fsp3) is 0.600. The van der Waals surface area contributed by atoms with Crippen LogP contribution in [0.5, 0.6) is 0 Å². The predicted molar refractivity (Wildman–Crippen MR) is 80.3 cm³/mol. The number of rotatable bonds is 5. The molecular weight excluding hydrogens is 301 g/mol. The van der Waals surface area contributed by atoms with E-state index in [4.69, 9.17) is 9.26 Å². The highest BCUT2D eigenvalue weighted by Crippen LogP contribution is 2.32. The lowest BCUT2D eigenvalue weighted by atomic mass is 9.91. The number of hydrogen-bond donors (Lipinski definition) is 1. The number of aryl methyl sites for hydroxylation is 2. The van der Waals surface area contributed by atoms with Crippen LogP contribution in [0.15, 0.2) is 10.9 Å². The maximum absolute atomic E-state index is 14.4. The maximum atomic E-state index is 14.4. The molecule has 8 heteroatoms. The smallest absolute Gasteiger partial charge is 0.249 e. The van der Waals surface area contributed by atoms with E-state index in [9.17, 15) is 4.39 Å². The van der Waals surface area contributed by atoms with E-state index in [0.29, 0.717) is 37.0 Å². The predicted octanol–water partition coefficient (Wildman–Crippen LogP) is 2.45. The van der Waals surface area contributed by atoms with Gasteiger partial charge in [-0.05, 0) is 32.1 Å². The van der Waals surface area contributed by atoms with E-state index in [1.165, 1.54) is 6.33 Å². The third-order valence-corrected chi connectivity index (χ3v) is 4.04. The minimum atomic E-state index is -0.428. The Labute approximate surface area is 133 Å². The van der Waals surface area contributed by atoms with E-state index in [2.05, 4.69) is 25.4 Å². The Hall–Kier alpha value is -2.09. The topological polar surface area (TPSA) is 86.0 Å². The van der Waals surface area contributed by atoms with Crippen molar-refractivity contribution in [1.82, 2.24) is 20.1 Å². The van der Waals surface area contributed by atoms with Crippen molar-refractivity contribution in [1.29, 1.82) is 0 Å². The second-order valence-corrected chi connectivity index (χ2v) is 5.59. The fourth-order valence-corrected chi connectivity index (χ4v) is 2.77. The Balaban J connectivity index is 1.89. The third kappa shape index (κ3) is 3.47. The lowest BCUT2D eigenvalue weighted by Gasteiger charge is -2.29. The number of nitrogens with one attached hydrogen (secondary N) is 1. The molecule has 23 heavy (non-hydrogen) atoms. The van der Waals surface area contributed by atoms with Crippen molar-refractivity contribution in [3.05, 3.63) is 29.6 Å². The van der Waals surface area contributed by atoms with Crippen molar-refractivity contribution in [2.45, 2.75) is 39.2 Å². The van der Waals surface area contributed by atoms with Crippen LogP contribution in [0, 0.1) is 18.7 Å². The first-order valence-corrected chi connectivity index (χ1v) is 7.83. The zero-order valence-electron chi connectivity index (χ0n) is 13.3. The van der Waals surface area contributed by atoms with Gasteiger partial charge >= 0.3 is 0 Å². The molecule has 0 aromatic carbocycles. The van der Waals surface area contributed by atoms with E-state index >= 15 is 0 Å². The van der Waals surface area contributed by atoms with Crippen LogP contribution < -0.4 is 5.32 Å². The average molecular weight is 321 g/mol. The first-order valence-electron chi connectivity index (χ1n) is 7.83. The lowest BCUT2D eigenvalue weighted by molar-refractivity contribution is 0.0570. The van der Waals surface area contributed by atoms with Crippen molar-refractivity contribution in [2.75, 3.05) is 18.5 Å². The first kappa shape index (κ1) is 15.8. The van der Waals surface area contributed by atoms with Crippen LogP contribution in [-0.4, -0.2) is 33.3 Å². The van der Waals surface area contributed by atoms with Gasteiger partial charge < -0.3 is 14.6 Å². The van der Waals surface area contributed by atoms with Gasteiger partial charge in [-0.1, -0.05) is 12.1 Å². The molecule has 0 amide bonds.